The smallest absolute Gasteiger partial charge is 0.356 e. The molecule has 0 saturated carbocycles. The predicted molar refractivity (Wildman–Crippen MR) is 58.7 cm³/mol. The number of aromatic nitrogens is 1. The second kappa shape index (κ2) is 4.92. The van der Waals surface area contributed by atoms with E-state index in [0.29, 0.717) is 18.8 Å². The number of carbonyl (C=O) groups excluding carboxylic acids is 2. The van der Waals surface area contributed by atoms with Crippen molar-refractivity contribution in [3.63, 3.8) is 0 Å². The van der Waals surface area contributed by atoms with Crippen molar-refractivity contribution < 1.29 is 19.1 Å². The molecule has 1 aliphatic heterocycles. The number of rotatable bonds is 2. The van der Waals surface area contributed by atoms with Crippen LogP contribution in [0.25, 0.3) is 0 Å². The lowest BCUT2D eigenvalue weighted by Crippen LogP contribution is -2.41. The standard InChI is InChI=1S/C11H12N2O4/c1-16-11(15)9-3-2-8(6-12-9)13-4-5-17-7-10(13)14/h2-3,6H,4-5,7H2,1H3. The Bertz CT molecular complexity index is 430. The molecule has 0 bridgehead atoms. The molecule has 90 valence electrons. The molecule has 0 atom stereocenters. The van der Waals surface area contributed by atoms with Gasteiger partial charge in [-0.2, -0.15) is 0 Å². The SMILES string of the molecule is COC(=O)c1ccc(N2CCOCC2=O)cn1. The quantitative estimate of drug-likeness (QED) is 0.687. The number of ether oxygens (including phenoxy) is 2. The van der Waals surface area contributed by atoms with Crippen LogP contribution in [0.2, 0.25) is 0 Å². The van der Waals surface area contributed by atoms with E-state index in [4.69, 9.17) is 4.74 Å². The lowest BCUT2D eigenvalue weighted by Gasteiger charge is -2.26. The molecule has 0 unspecified atom stereocenters. The Kier molecular flexibility index (Phi) is 3.34. The maximum absolute atomic E-state index is 11.6. The van der Waals surface area contributed by atoms with Gasteiger partial charge in [0.15, 0.2) is 0 Å². The largest absolute Gasteiger partial charge is 0.464 e. The van der Waals surface area contributed by atoms with Gasteiger partial charge < -0.3 is 14.4 Å². The molecule has 0 radical (unpaired) electrons. The average Bonchev–Trinajstić information content (AvgIpc) is 2.39. The van der Waals surface area contributed by atoms with E-state index in [2.05, 4.69) is 9.72 Å². The first-order valence-electron chi connectivity index (χ1n) is 5.15. The van der Waals surface area contributed by atoms with Crippen LogP contribution in [0, 0.1) is 0 Å². The minimum atomic E-state index is -0.496. The van der Waals surface area contributed by atoms with Crippen molar-refractivity contribution in [3.05, 3.63) is 24.0 Å². The number of morpholine rings is 1. The van der Waals surface area contributed by atoms with E-state index in [1.165, 1.54) is 19.4 Å². The summed E-state index contributed by atoms with van der Waals surface area (Å²) in [6.07, 6.45) is 1.48. The van der Waals surface area contributed by atoms with Crippen molar-refractivity contribution in [3.8, 4) is 0 Å². The van der Waals surface area contributed by atoms with E-state index in [1.54, 1.807) is 11.0 Å². The summed E-state index contributed by atoms with van der Waals surface area (Å²) in [5, 5.41) is 0. The van der Waals surface area contributed by atoms with E-state index < -0.39 is 5.97 Å². The fraction of sp³-hybridized carbons (Fsp3) is 0.364. The van der Waals surface area contributed by atoms with E-state index >= 15 is 0 Å². The number of anilines is 1. The van der Waals surface area contributed by atoms with Gasteiger partial charge in [-0.05, 0) is 12.1 Å². The van der Waals surface area contributed by atoms with Crippen LogP contribution >= 0.6 is 0 Å². The molecule has 0 aromatic carbocycles. The van der Waals surface area contributed by atoms with Gasteiger partial charge in [0.25, 0.3) is 5.91 Å². The Morgan fingerprint density at radius 2 is 2.35 bits per heavy atom. The van der Waals surface area contributed by atoms with Crippen LogP contribution in [0.4, 0.5) is 5.69 Å². The van der Waals surface area contributed by atoms with Crippen LogP contribution in [-0.4, -0.2) is 43.7 Å². The van der Waals surface area contributed by atoms with Crippen molar-refractivity contribution >= 4 is 17.6 Å². The summed E-state index contributed by atoms with van der Waals surface area (Å²) in [5.41, 5.74) is 0.878. The first kappa shape index (κ1) is 11.5. The van der Waals surface area contributed by atoms with Gasteiger partial charge in [0.05, 0.1) is 25.6 Å². The molecule has 1 aliphatic rings. The highest BCUT2D eigenvalue weighted by Gasteiger charge is 2.20. The highest BCUT2D eigenvalue weighted by Crippen LogP contribution is 2.15. The number of esters is 1. The van der Waals surface area contributed by atoms with Gasteiger partial charge >= 0.3 is 5.97 Å². The summed E-state index contributed by atoms with van der Waals surface area (Å²) < 4.78 is 9.57. The van der Waals surface area contributed by atoms with Gasteiger partial charge in [-0.25, -0.2) is 9.78 Å². The highest BCUT2D eigenvalue weighted by molar-refractivity contribution is 5.95. The van der Waals surface area contributed by atoms with Crippen molar-refractivity contribution in [2.45, 2.75) is 0 Å². The molecule has 17 heavy (non-hydrogen) atoms. The number of nitrogens with zero attached hydrogens (tertiary/aromatic N) is 2. The Morgan fingerprint density at radius 1 is 1.53 bits per heavy atom. The number of amides is 1. The third-order valence-electron chi connectivity index (χ3n) is 2.44. The molecular weight excluding hydrogens is 224 g/mol. The molecule has 6 nitrogen and oxygen atoms in total. The average molecular weight is 236 g/mol. The topological polar surface area (TPSA) is 68.7 Å². The zero-order chi connectivity index (χ0) is 12.3. The number of pyridine rings is 1. The molecule has 0 aliphatic carbocycles. The van der Waals surface area contributed by atoms with E-state index in [9.17, 15) is 9.59 Å². The summed E-state index contributed by atoms with van der Waals surface area (Å²) in [6.45, 7) is 1.08. The fourth-order valence-corrected chi connectivity index (χ4v) is 1.56. The molecule has 1 amide bonds. The summed E-state index contributed by atoms with van der Waals surface area (Å²) in [4.78, 5) is 28.3. The van der Waals surface area contributed by atoms with Gasteiger partial charge in [0.1, 0.15) is 12.3 Å². The summed E-state index contributed by atoms with van der Waals surface area (Å²) >= 11 is 0. The van der Waals surface area contributed by atoms with Gasteiger partial charge in [-0.15, -0.1) is 0 Å². The zero-order valence-electron chi connectivity index (χ0n) is 9.38. The van der Waals surface area contributed by atoms with E-state index in [-0.39, 0.29) is 18.2 Å². The molecule has 0 spiro atoms. The van der Waals surface area contributed by atoms with Crippen molar-refractivity contribution in [1.82, 2.24) is 4.98 Å². The van der Waals surface area contributed by atoms with Crippen LogP contribution < -0.4 is 4.90 Å². The summed E-state index contributed by atoms with van der Waals surface area (Å²) in [5.74, 6) is -0.603. The Hall–Kier alpha value is -1.95. The first-order valence-corrected chi connectivity index (χ1v) is 5.15. The van der Waals surface area contributed by atoms with Crippen molar-refractivity contribution in [2.24, 2.45) is 0 Å². The number of hydrogen-bond donors (Lipinski definition) is 0. The van der Waals surface area contributed by atoms with Crippen LogP contribution in [0.1, 0.15) is 10.5 Å². The highest BCUT2D eigenvalue weighted by atomic mass is 16.5. The Morgan fingerprint density at radius 3 is 2.94 bits per heavy atom. The Balaban J connectivity index is 2.17. The maximum atomic E-state index is 11.6. The molecule has 1 aromatic rings. The minimum absolute atomic E-state index is 0.0821. The lowest BCUT2D eigenvalue weighted by atomic mass is 10.3. The molecule has 2 heterocycles. The van der Waals surface area contributed by atoms with Gasteiger partial charge in [0.2, 0.25) is 0 Å². The van der Waals surface area contributed by atoms with Crippen molar-refractivity contribution in [1.29, 1.82) is 0 Å². The third kappa shape index (κ3) is 2.42. The van der Waals surface area contributed by atoms with Crippen LogP contribution in [0.15, 0.2) is 18.3 Å². The number of hydrogen-bond acceptors (Lipinski definition) is 5. The van der Waals surface area contributed by atoms with Crippen LogP contribution in [-0.2, 0) is 14.3 Å². The normalized spacial score (nSPS) is 15.8. The third-order valence-corrected chi connectivity index (χ3v) is 2.44. The monoisotopic (exact) mass is 236 g/mol. The van der Waals surface area contributed by atoms with E-state index in [0.717, 1.165) is 0 Å². The zero-order valence-corrected chi connectivity index (χ0v) is 9.38. The van der Waals surface area contributed by atoms with Crippen LogP contribution in [0.3, 0.4) is 0 Å². The molecule has 1 fully saturated rings. The lowest BCUT2D eigenvalue weighted by molar-refractivity contribution is -0.125. The predicted octanol–water partition coefficient (Wildman–Crippen LogP) is 0.231. The summed E-state index contributed by atoms with van der Waals surface area (Å²) in [6, 6.07) is 3.20. The fourth-order valence-electron chi connectivity index (χ4n) is 1.56. The molecular formula is C11H12N2O4. The van der Waals surface area contributed by atoms with Gasteiger partial charge in [0, 0.05) is 6.54 Å². The Labute approximate surface area is 98.1 Å². The van der Waals surface area contributed by atoms with Crippen molar-refractivity contribution in [2.75, 3.05) is 31.8 Å². The molecule has 1 saturated heterocycles. The van der Waals surface area contributed by atoms with Gasteiger partial charge in [-0.1, -0.05) is 0 Å². The minimum Gasteiger partial charge on any atom is -0.464 e. The van der Waals surface area contributed by atoms with Crippen LogP contribution in [0.5, 0.6) is 0 Å². The molecule has 6 heteroatoms. The molecule has 0 N–H and O–H groups in total. The van der Waals surface area contributed by atoms with E-state index in [1.807, 2.05) is 0 Å². The molecule has 1 aromatic heterocycles. The summed E-state index contributed by atoms with van der Waals surface area (Å²) in [7, 11) is 1.30. The van der Waals surface area contributed by atoms with Gasteiger partial charge in [-0.3, -0.25) is 4.79 Å². The number of carbonyl (C=O) groups is 2. The number of methoxy groups -OCH3 is 1. The molecule has 2 rings (SSSR count). The first-order chi connectivity index (χ1) is 8.22. The second-order valence-corrected chi connectivity index (χ2v) is 3.49. The maximum Gasteiger partial charge on any atom is 0.356 e. The second-order valence-electron chi connectivity index (χ2n) is 3.49.